The fraction of sp³-hybridized carbons (Fsp3) is 0.936. The van der Waals surface area contributed by atoms with Crippen LogP contribution in [0.1, 0.15) is 258 Å². The molecule has 0 radical (unpaired) electrons. The first-order valence-electron chi connectivity index (χ1n) is 23.5. The van der Waals surface area contributed by atoms with Crippen LogP contribution in [-0.2, 0) is 4.79 Å². The third-order valence-electron chi connectivity index (χ3n) is 11.1. The average Bonchev–Trinajstić information content (AvgIpc) is 3.15. The summed E-state index contributed by atoms with van der Waals surface area (Å²) in [5.41, 5.74) is 0. The van der Waals surface area contributed by atoms with Crippen molar-refractivity contribution in [3.63, 3.8) is 0 Å². The predicted octanol–water partition coefficient (Wildman–Crippen LogP) is 13.6. The van der Waals surface area contributed by atoms with Crippen LogP contribution in [0.15, 0.2) is 12.2 Å². The second-order valence-corrected chi connectivity index (χ2v) is 16.3. The lowest BCUT2D eigenvalue weighted by Crippen LogP contribution is -2.48. The Bertz CT molecular complexity index is 728. The van der Waals surface area contributed by atoms with Crippen LogP contribution in [0, 0.1) is 0 Å². The van der Waals surface area contributed by atoms with Crippen LogP contribution in [0.3, 0.4) is 0 Å². The molecule has 0 saturated heterocycles. The Hall–Kier alpha value is -0.910. The van der Waals surface area contributed by atoms with Gasteiger partial charge in [0.15, 0.2) is 0 Å². The first kappa shape index (κ1) is 51.1. The fourth-order valence-corrected chi connectivity index (χ4v) is 7.42. The van der Waals surface area contributed by atoms with Gasteiger partial charge in [0.2, 0.25) is 5.91 Å². The van der Waals surface area contributed by atoms with Crippen molar-refractivity contribution in [2.24, 2.45) is 0 Å². The fourth-order valence-electron chi connectivity index (χ4n) is 7.42. The summed E-state index contributed by atoms with van der Waals surface area (Å²) >= 11 is 0. The molecule has 0 aliphatic heterocycles. The van der Waals surface area contributed by atoms with Gasteiger partial charge in [-0.25, -0.2) is 0 Å². The molecule has 4 N–H and O–H groups in total. The second kappa shape index (κ2) is 42.8. The molecule has 0 bridgehead atoms. The summed E-state index contributed by atoms with van der Waals surface area (Å²) in [4.78, 5) is 12.4. The van der Waals surface area contributed by atoms with E-state index < -0.39 is 24.2 Å². The van der Waals surface area contributed by atoms with Crippen molar-refractivity contribution in [2.75, 3.05) is 6.61 Å². The van der Waals surface area contributed by atoms with Gasteiger partial charge in [-0.15, -0.1) is 0 Å². The monoisotopic (exact) mass is 736 g/mol. The number of carbonyl (C=O) groups excluding carboxylic acids is 1. The SMILES string of the molecule is CCCCCCCCCCC/C=C/C(O)C(CO)NC(=O)C(O)CCCCCCCCCCCCCCCCCCCCCCCCCCCCC. The van der Waals surface area contributed by atoms with E-state index in [0.717, 1.165) is 32.1 Å². The molecule has 0 aromatic rings. The molecule has 52 heavy (non-hydrogen) atoms. The summed E-state index contributed by atoms with van der Waals surface area (Å²) < 4.78 is 0. The largest absolute Gasteiger partial charge is 0.394 e. The van der Waals surface area contributed by atoms with Crippen LogP contribution in [-0.4, -0.2) is 46.1 Å². The van der Waals surface area contributed by atoms with E-state index in [1.165, 1.54) is 205 Å². The maximum Gasteiger partial charge on any atom is 0.249 e. The highest BCUT2D eigenvalue weighted by atomic mass is 16.3. The molecule has 0 aromatic heterocycles. The number of allylic oxidation sites excluding steroid dienone is 1. The number of carbonyl (C=O) groups is 1. The maximum absolute atomic E-state index is 12.4. The normalized spacial score (nSPS) is 13.6. The molecule has 3 unspecified atom stereocenters. The zero-order valence-corrected chi connectivity index (χ0v) is 35.2. The van der Waals surface area contributed by atoms with E-state index in [0.29, 0.717) is 6.42 Å². The number of hydrogen-bond donors (Lipinski definition) is 4. The van der Waals surface area contributed by atoms with Gasteiger partial charge >= 0.3 is 0 Å². The third kappa shape index (κ3) is 37.4. The molecule has 5 heteroatoms. The van der Waals surface area contributed by atoms with E-state index in [9.17, 15) is 20.1 Å². The summed E-state index contributed by atoms with van der Waals surface area (Å²) in [5.74, 6) is -0.500. The minimum Gasteiger partial charge on any atom is -0.394 e. The van der Waals surface area contributed by atoms with E-state index >= 15 is 0 Å². The van der Waals surface area contributed by atoms with Gasteiger partial charge in [0.05, 0.1) is 18.8 Å². The van der Waals surface area contributed by atoms with Crippen molar-refractivity contribution in [2.45, 2.75) is 276 Å². The number of unbranched alkanes of at least 4 members (excludes halogenated alkanes) is 35. The maximum atomic E-state index is 12.4. The first-order chi connectivity index (χ1) is 25.6. The van der Waals surface area contributed by atoms with Crippen LogP contribution < -0.4 is 5.32 Å². The zero-order valence-electron chi connectivity index (χ0n) is 35.2. The molecular formula is C47H93NO4. The molecule has 0 aliphatic carbocycles. The molecule has 0 heterocycles. The van der Waals surface area contributed by atoms with Crippen molar-refractivity contribution in [1.29, 1.82) is 0 Å². The minimum atomic E-state index is -1.09. The van der Waals surface area contributed by atoms with Crippen LogP contribution in [0.25, 0.3) is 0 Å². The van der Waals surface area contributed by atoms with Gasteiger partial charge in [0, 0.05) is 0 Å². The highest BCUT2D eigenvalue weighted by molar-refractivity contribution is 5.80. The van der Waals surface area contributed by atoms with Crippen molar-refractivity contribution in [1.82, 2.24) is 5.32 Å². The number of amides is 1. The van der Waals surface area contributed by atoms with Crippen LogP contribution >= 0.6 is 0 Å². The Morgan fingerprint density at radius 3 is 1.06 bits per heavy atom. The van der Waals surface area contributed by atoms with E-state index in [4.69, 9.17) is 0 Å². The summed E-state index contributed by atoms with van der Waals surface area (Å²) in [6.07, 6.45) is 51.3. The predicted molar refractivity (Wildman–Crippen MR) is 227 cm³/mol. The van der Waals surface area contributed by atoms with Crippen LogP contribution in [0.5, 0.6) is 0 Å². The van der Waals surface area contributed by atoms with E-state index in [1.54, 1.807) is 6.08 Å². The topological polar surface area (TPSA) is 89.8 Å². The third-order valence-corrected chi connectivity index (χ3v) is 11.1. The van der Waals surface area contributed by atoms with Gasteiger partial charge in [-0.05, 0) is 19.3 Å². The summed E-state index contributed by atoms with van der Waals surface area (Å²) in [6.45, 7) is 4.18. The van der Waals surface area contributed by atoms with Crippen molar-refractivity contribution < 1.29 is 20.1 Å². The standard InChI is InChI=1S/C47H93NO4/c1-3-5-7-9-11-13-15-16-17-18-19-20-21-22-23-24-25-26-27-28-29-30-32-34-36-38-40-42-46(51)47(52)48-44(43-49)45(50)41-39-37-35-33-31-14-12-10-8-6-4-2/h39,41,44-46,49-51H,3-38,40,42-43H2,1-2H3,(H,48,52)/b41-39+. The number of nitrogens with one attached hydrogen (secondary N) is 1. The molecule has 0 fully saturated rings. The van der Waals surface area contributed by atoms with Crippen LogP contribution in [0.4, 0.5) is 0 Å². The lowest BCUT2D eigenvalue weighted by Gasteiger charge is -2.21. The number of aliphatic hydroxyl groups excluding tert-OH is 3. The molecule has 0 saturated carbocycles. The Balaban J connectivity index is 3.51. The van der Waals surface area contributed by atoms with Crippen LogP contribution in [0.2, 0.25) is 0 Å². The van der Waals surface area contributed by atoms with Crippen molar-refractivity contribution in [3.8, 4) is 0 Å². The highest BCUT2D eigenvalue weighted by Crippen LogP contribution is 2.17. The van der Waals surface area contributed by atoms with E-state index in [2.05, 4.69) is 19.2 Å². The lowest BCUT2D eigenvalue weighted by atomic mass is 10.0. The zero-order chi connectivity index (χ0) is 38.0. The number of aliphatic hydroxyl groups is 3. The molecule has 3 atom stereocenters. The Kier molecular flexibility index (Phi) is 42.1. The number of hydrogen-bond acceptors (Lipinski definition) is 4. The smallest absolute Gasteiger partial charge is 0.249 e. The second-order valence-electron chi connectivity index (χ2n) is 16.3. The van der Waals surface area contributed by atoms with Gasteiger partial charge in [-0.2, -0.15) is 0 Å². The summed E-state index contributed by atoms with van der Waals surface area (Å²) in [5, 5.41) is 33.1. The van der Waals surface area contributed by atoms with Gasteiger partial charge in [0.25, 0.3) is 0 Å². The van der Waals surface area contributed by atoms with Gasteiger partial charge in [-0.3, -0.25) is 4.79 Å². The van der Waals surface area contributed by atoms with E-state index in [1.807, 2.05) is 6.08 Å². The molecule has 0 spiro atoms. The van der Waals surface area contributed by atoms with Gasteiger partial charge in [-0.1, -0.05) is 251 Å². The first-order valence-corrected chi connectivity index (χ1v) is 23.5. The molecule has 0 rings (SSSR count). The quantitative estimate of drug-likeness (QED) is 0.0371. The number of rotatable bonds is 43. The Labute approximate surface area is 325 Å². The highest BCUT2D eigenvalue weighted by Gasteiger charge is 2.22. The lowest BCUT2D eigenvalue weighted by molar-refractivity contribution is -0.131. The van der Waals surface area contributed by atoms with Gasteiger partial charge in [0.1, 0.15) is 6.10 Å². The average molecular weight is 736 g/mol. The van der Waals surface area contributed by atoms with Crippen molar-refractivity contribution in [3.05, 3.63) is 12.2 Å². The minimum absolute atomic E-state index is 0.360. The van der Waals surface area contributed by atoms with Gasteiger partial charge < -0.3 is 20.6 Å². The molecule has 0 aliphatic rings. The summed E-state index contributed by atoms with van der Waals surface area (Å²) in [7, 11) is 0. The van der Waals surface area contributed by atoms with Crippen molar-refractivity contribution >= 4 is 5.91 Å². The summed E-state index contributed by atoms with van der Waals surface area (Å²) in [6, 6.07) is -0.791. The molecular weight excluding hydrogens is 643 g/mol. The Morgan fingerprint density at radius 2 is 0.750 bits per heavy atom. The van der Waals surface area contributed by atoms with E-state index in [-0.39, 0.29) is 6.61 Å². The Morgan fingerprint density at radius 1 is 0.462 bits per heavy atom. The molecule has 5 nitrogen and oxygen atoms in total. The molecule has 0 aromatic carbocycles. The molecule has 310 valence electrons. The molecule has 1 amide bonds.